The lowest BCUT2D eigenvalue weighted by Gasteiger charge is -2.12. The van der Waals surface area contributed by atoms with Crippen molar-refractivity contribution in [1.29, 1.82) is 0 Å². The fraction of sp³-hybridized carbons (Fsp3) is 0.357. The SMILES string of the molecule is CNC(C)c1ccc(OCc2nc(C)cs2)cc1F. The van der Waals surface area contributed by atoms with Crippen LogP contribution in [0.2, 0.25) is 0 Å². The molecule has 2 aromatic rings. The number of ether oxygens (including phenoxy) is 1. The lowest BCUT2D eigenvalue weighted by molar-refractivity contribution is 0.303. The van der Waals surface area contributed by atoms with Crippen molar-refractivity contribution in [3.05, 3.63) is 45.7 Å². The van der Waals surface area contributed by atoms with Crippen molar-refractivity contribution in [3.8, 4) is 5.75 Å². The molecule has 2 rings (SSSR count). The Morgan fingerprint density at radius 1 is 1.47 bits per heavy atom. The molecular formula is C14H17FN2OS. The third kappa shape index (κ3) is 3.52. The molecule has 102 valence electrons. The number of benzene rings is 1. The number of nitrogens with zero attached hydrogens (tertiary/aromatic N) is 1. The molecule has 0 aliphatic heterocycles. The zero-order valence-corrected chi connectivity index (χ0v) is 12.1. The second-order valence-electron chi connectivity index (χ2n) is 4.36. The van der Waals surface area contributed by atoms with Crippen molar-refractivity contribution in [3.63, 3.8) is 0 Å². The molecule has 0 spiro atoms. The van der Waals surface area contributed by atoms with E-state index >= 15 is 0 Å². The Balaban J connectivity index is 2.04. The molecular weight excluding hydrogens is 263 g/mol. The molecule has 0 radical (unpaired) electrons. The van der Waals surface area contributed by atoms with Gasteiger partial charge in [-0.25, -0.2) is 9.37 Å². The maximum Gasteiger partial charge on any atom is 0.140 e. The van der Waals surface area contributed by atoms with E-state index < -0.39 is 0 Å². The summed E-state index contributed by atoms with van der Waals surface area (Å²) in [4.78, 5) is 4.30. The molecule has 5 heteroatoms. The van der Waals surface area contributed by atoms with Crippen LogP contribution in [0.4, 0.5) is 4.39 Å². The third-order valence-corrected chi connectivity index (χ3v) is 3.84. The van der Waals surface area contributed by atoms with Gasteiger partial charge in [-0.3, -0.25) is 0 Å². The lowest BCUT2D eigenvalue weighted by Crippen LogP contribution is -2.13. The summed E-state index contributed by atoms with van der Waals surface area (Å²) in [7, 11) is 1.80. The molecule has 0 fully saturated rings. The van der Waals surface area contributed by atoms with Crippen LogP contribution in [0.1, 0.15) is 29.2 Å². The van der Waals surface area contributed by atoms with Gasteiger partial charge in [-0.15, -0.1) is 11.3 Å². The first-order valence-corrected chi connectivity index (χ1v) is 6.98. The van der Waals surface area contributed by atoms with Crippen LogP contribution in [0, 0.1) is 12.7 Å². The summed E-state index contributed by atoms with van der Waals surface area (Å²) in [5, 5.41) is 5.88. The van der Waals surface area contributed by atoms with Gasteiger partial charge in [-0.05, 0) is 27.0 Å². The van der Waals surface area contributed by atoms with Crippen LogP contribution in [0.15, 0.2) is 23.6 Å². The lowest BCUT2D eigenvalue weighted by atomic mass is 10.1. The normalized spacial score (nSPS) is 12.4. The van der Waals surface area contributed by atoms with Crippen LogP contribution < -0.4 is 10.1 Å². The van der Waals surface area contributed by atoms with Gasteiger partial charge in [0.1, 0.15) is 23.2 Å². The predicted molar refractivity (Wildman–Crippen MR) is 75.1 cm³/mol. The van der Waals surface area contributed by atoms with Gasteiger partial charge in [0.15, 0.2) is 0 Å². The van der Waals surface area contributed by atoms with E-state index in [1.165, 1.54) is 6.07 Å². The van der Waals surface area contributed by atoms with Crippen LogP contribution >= 0.6 is 11.3 Å². The minimum absolute atomic E-state index is 0.0179. The Kier molecular flexibility index (Phi) is 4.50. The smallest absolute Gasteiger partial charge is 0.140 e. The molecule has 19 heavy (non-hydrogen) atoms. The molecule has 0 saturated carbocycles. The average Bonchev–Trinajstić information content (AvgIpc) is 2.81. The summed E-state index contributed by atoms with van der Waals surface area (Å²) in [6, 6.07) is 4.94. The number of aromatic nitrogens is 1. The van der Waals surface area contributed by atoms with E-state index in [0.29, 0.717) is 17.9 Å². The quantitative estimate of drug-likeness (QED) is 0.911. The number of halogens is 1. The number of hydrogen-bond donors (Lipinski definition) is 1. The van der Waals surface area contributed by atoms with Crippen molar-refractivity contribution in [2.24, 2.45) is 0 Å². The number of thiazole rings is 1. The maximum atomic E-state index is 13.9. The Labute approximate surface area is 116 Å². The topological polar surface area (TPSA) is 34.1 Å². The molecule has 0 aliphatic rings. The Bertz CT molecular complexity index is 556. The van der Waals surface area contributed by atoms with Gasteiger partial charge in [0.25, 0.3) is 0 Å². The highest BCUT2D eigenvalue weighted by Gasteiger charge is 2.10. The zero-order valence-electron chi connectivity index (χ0n) is 11.2. The van der Waals surface area contributed by atoms with Crippen LogP contribution in [0.3, 0.4) is 0 Å². The molecule has 1 aromatic carbocycles. The molecule has 1 atom stereocenters. The van der Waals surface area contributed by atoms with Crippen molar-refractivity contribution in [2.45, 2.75) is 26.5 Å². The van der Waals surface area contributed by atoms with Gasteiger partial charge in [-0.2, -0.15) is 0 Å². The van der Waals surface area contributed by atoms with E-state index in [1.807, 2.05) is 19.2 Å². The van der Waals surface area contributed by atoms with Crippen LogP contribution in [0.25, 0.3) is 0 Å². The minimum Gasteiger partial charge on any atom is -0.486 e. The summed E-state index contributed by atoms with van der Waals surface area (Å²) >= 11 is 1.54. The van der Waals surface area contributed by atoms with E-state index in [4.69, 9.17) is 4.74 Å². The van der Waals surface area contributed by atoms with E-state index in [9.17, 15) is 4.39 Å². The molecule has 0 amide bonds. The van der Waals surface area contributed by atoms with E-state index in [2.05, 4.69) is 10.3 Å². The predicted octanol–water partition coefficient (Wildman–Crippen LogP) is 3.45. The first-order valence-electron chi connectivity index (χ1n) is 6.10. The van der Waals surface area contributed by atoms with Gasteiger partial charge in [-0.1, -0.05) is 6.07 Å². The zero-order chi connectivity index (χ0) is 13.8. The van der Waals surface area contributed by atoms with E-state index in [0.717, 1.165) is 10.7 Å². The summed E-state index contributed by atoms with van der Waals surface area (Å²) < 4.78 is 19.4. The van der Waals surface area contributed by atoms with Gasteiger partial charge in [0, 0.05) is 28.7 Å². The van der Waals surface area contributed by atoms with Crippen LogP contribution in [-0.4, -0.2) is 12.0 Å². The van der Waals surface area contributed by atoms with Crippen LogP contribution in [0.5, 0.6) is 5.75 Å². The molecule has 1 heterocycles. The van der Waals surface area contributed by atoms with E-state index in [-0.39, 0.29) is 11.9 Å². The first-order chi connectivity index (χ1) is 9.10. The summed E-state index contributed by atoms with van der Waals surface area (Å²) in [6.07, 6.45) is 0. The number of hydrogen-bond acceptors (Lipinski definition) is 4. The highest BCUT2D eigenvalue weighted by atomic mass is 32.1. The van der Waals surface area contributed by atoms with Crippen molar-refractivity contribution >= 4 is 11.3 Å². The molecule has 0 aliphatic carbocycles. The van der Waals surface area contributed by atoms with Gasteiger partial charge in [0.2, 0.25) is 0 Å². The fourth-order valence-electron chi connectivity index (χ4n) is 1.72. The van der Waals surface area contributed by atoms with Gasteiger partial charge < -0.3 is 10.1 Å². The second kappa shape index (κ2) is 6.12. The van der Waals surface area contributed by atoms with E-state index in [1.54, 1.807) is 30.5 Å². The Hall–Kier alpha value is -1.46. The average molecular weight is 280 g/mol. The number of nitrogens with one attached hydrogen (secondary N) is 1. The van der Waals surface area contributed by atoms with Crippen molar-refractivity contribution < 1.29 is 9.13 Å². The molecule has 1 unspecified atom stereocenters. The van der Waals surface area contributed by atoms with Gasteiger partial charge in [0.05, 0.1) is 0 Å². The first kappa shape index (κ1) is 14.0. The highest BCUT2D eigenvalue weighted by molar-refractivity contribution is 7.09. The standard InChI is InChI=1S/C14H17FN2OS/c1-9-8-19-14(17-9)7-18-11-4-5-12(10(2)16-3)13(15)6-11/h4-6,8,10,16H,7H2,1-3H3. The maximum absolute atomic E-state index is 13.9. The van der Waals surface area contributed by atoms with Crippen LogP contribution in [-0.2, 0) is 6.61 Å². The Morgan fingerprint density at radius 3 is 2.84 bits per heavy atom. The summed E-state index contributed by atoms with van der Waals surface area (Å²) in [5.41, 5.74) is 1.62. The molecule has 1 N–H and O–H groups in total. The third-order valence-electron chi connectivity index (χ3n) is 2.90. The second-order valence-corrected chi connectivity index (χ2v) is 5.31. The molecule has 3 nitrogen and oxygen atoms in total. The summed E-state index contributed by atoms with van der Waals surface area (Å²) in [5.74, 6) is 0.270. The molecule has 1 aromatic heterocycles. The number of aryl methyl sites for hydroxylation is 1. The minimum atomic E-state index is -0.255. The molecule has 0 saturated heterocycles. The molecule has 0 bridgehead atoms. The highest BCUT2D eigenvalue weighted by Crippen LogP contribution is 2.22. The fourth-order valence-corrected chi connectivity index (χ4v) is 2.40. The largest absolute Gasteiger partial charge is 0.486 e. The van der Waals surface area contributed by atoms with Crippen molar-refractivity contribution in [2.75, 3.05) is 7.05 Å². The number of rotatable bonds is 5. The monoisotopic (exact) mass is 280 g/mol. The van der Waals surface area contributed by atoms with Crippen molar-refractivity contribution in [1.82, 2.24) is 10.3 Å². The van der Waals surface area contributed by atoms with Gasteiger partial charge >= 0.3 is 0 Å². The summed E-state index contributed by atoms with van der Waals surface area (Å²) in [6.45, 7) is 4.23. The Morgan fingerprint density at radius 2 is 2.26 bits per heavy atom.